The highest BCUT2D eigenvalue weighted by Crippen LogP contribution is 2.38. The van der Waals surface area contributed by atoms with Crippen molar-refractivity contribution in [3.05, 3.63) is 11.7 Å². The van der Waals surface area contributed by atoms with Crippen molar-refractivity contribution in [1.29, 1.82) is 0 Å². The molecular weight excluding hydrogens is 318 g/mol. The first-order valence-corrected chi connectivity index (χ1v) is 9.94. The molecule has 0 aromatic carbocycles. The first-order chi connectivity index (χ1) is 10.9. The molecule has 1 aromatic heterocycles. The summed E-state index contributed by atoms with van der Waals surface area (Å²) in [6.45, 7) is 6.53. The van der Waals surface area contributed by atoms with Crippen LogP contribution in [0.4, 0.5) is 0 Å². The third kappa shape index (κ3) is 4.72. The summed E-state index contributed by atoms with van der Waals surface area (Å²) in [5, 5.41) is 9.11. The van der Waals surface area contributed by atoms with Gasteiger partial charge >= 0.3 is 0 Å². The molecular formula is C14H25N5O3S. The summed E-state index contributed by atoms with van der Waals surface area (Å²) in [6, 6.07) is 0.126. The Morgan fingerprint density at radius 3 is 2.61 bits per heavy atom. The van der Waals surface area contributed by atoms with Crippen LogP contribution in [0.2, 0.25) is 0 Å². The van der Waals surface area contributed by atoms with Crippen LogP contribution in [0.15, 0.2) is 4.52 Å². The fraction of sp³-hybridized carbons (Fsp3) is 0.857. The molecule has 1 aromatic rings. The van der Waals surface area contributed by atoms with Gasteiger partial charge in [-0.25, -0.2) is 13.6 Å². The molecule has 1 aliphatic carbocycles. The van der Waals surface area contributed by atoms with Gasteiger partial charge in [-0.05, 0) is 32.7 Å². The molecule has 2 fully saturated rings. The molecule has 2 N–H and O–H groups in total. The van der Waals surface area contributed by atoms with E-state index in [-0.39, 0.29) is 11.8 Å². The van der Waals surface area contributed by atoms with E-state index in [0.29, 0.717) is 18.2 Å². The van der Waals surface area contributed by atoms with Crippen LogP contribution in [-0.4, -0.2) is 66.8 Å². The van der Waals surface area contributed by atoms with Crippen molar-refractivity contribution in [2.75, 3.05) is 38.5 Å². The number of sulfonamides is 1. The number of piperazine rings is 1. The first-order valence-electron chi connectivity index (χ1n) is 8.23. The van der Waals surface area contributed by atoms with Gasteiger partial charge in [0, 0.05) is 32.1 Å². The molecule has 130 valence electrons. The van der Waals surface area contributed by atoms with Gasteiger partial charge in [0.1, 0.15) is 0 Å². The van der Waals surface area contributed by atoms with E-state index < -0.39 is 10.0 Å². The number of hydrogen-bond acceptors (Lipinski definition) is 7. The van der Waals surface area contributed by atoms with E-state index in [1.54, 1.807) is 0 Å². The molecule has 23 heavy (non-hydrogen) atoms. The summed E-state index contributed by atoms with van der Waals surface area (Å²) in [5.74, 6) is 2.12. The maximum Gasteiger partial charge on any atom is 0.243 e. The molecule has 3 rings (SSSR count). The van der Waals surface area contributed by atoms with E-state index in [2.05, 4.69) is 26.9 Å². The number of nitrogens with zero attached hydrogens (tertiary/aromatic N) is 4. The smallest absolute Gasteiger partial charge is 0.243 e. The summed E-state index contributed by atoms with van der Waals surface area (Å²) >= 11 is 0. The fourth-order valence-electron chi connectivity index (χ4n) is 2.94. The van der Waals surface area contributed by atoms with Crippen molar-refractivity contribution in [3.63, 3.8) is 0 Å². The average Bonchev–Trinajstić information content (AvgIpc) is 3.23. The zero-order valence-electron chi connectivity index (χ0n) is 13.5. The Hall–Kier alpha value is -1.03. The minimum Gasteiger partial charge on any atom is -0.338 e. The second kappa shape index (κ2) is 6.84. The van der Waals surface area contributed by atoms with Gasteiger partial charge in [-0.1, -0.05) is 5.16 Å². The SMILES string of the molecule is CC(c1nc(C2CC2)no1)N1CCN(CCCS(N)(=O)=O)CC1. The molecule has 0 bridgehead atoms. The molecule has 1 saturated heterocycles. The lowest BCUT2D eigenvalue weighted by molar-refractivity contribution is 0.0885. The summed E-state index contributed by atoms with van der Waals surface area (Å²) in [5.41, 5.74) is 0. The molecule has 0 radical (unpaired) electrons. The van der Waals surface area contributed by atoms with Crippen molar-refractivity contribution >= 4 is 10.0 Å². The zero-order valence-corrected chi connectivity index (χ0v) is 14.3. The minimum atomic E-state index is -3.35. The molecule has 1 unspecified atom stereocenters. The number of nitrogens with two attached hydrogens (primary N) is 1. The van der Waals surface area contributed by atoms with Gasteiger partial charge in [-0.2, -0.15) is 4.98 Å². The minimum absolute atomic E-state index is 0.0511. The molecule has 1 saturated carbocycles. The largest absolute Gasteiger partial charge is 0.338 e. The average molecular weight is 343 g/mol. The molecule has 0 amide bonds. The topological polar surface area (TPSA) is 106 Å². The molecule has 0 spiro atoms. The predicted octanol–water partition coefficient (Wildman–Crippen LogP) is 0.304. The van der Waals surface area contributed by atoms with Gasteiger partial charge < -0.3 is 9.42 Å². The van der Waals surface area contributed by atoms with Crippen LogP contribution in [0, 0.1) is 0 Å². The second-order valence-corrected chi connectivity index (χ2v) is 8.27. The molecule has 1 atom stereocenters. The summed E-state index contributed by atoms with van der Waals surface area (Å²) in [4.78, 5) is 9.14. The van der Waals surface area contributed by atoms with Gasteiger partial charge in [0.15, 0.2) is 5.82 Å². The van der Waals surface area contributed by atoms with E-state index >= 15 is 0 Å². The quantitative estimate of drug-likeness (QED) is 0.759. The lowest BCUT2D eigenvalue weighted by atomic mass is 10.2. The number of aromatic nitrogens is 2. The van der Waals surface area contributed by atoms with Crippen LogP contribution in [-0.2, 0) is 10.0 Å². The van der Waals surface area contributed by atoms with Crippen LogP contribution in [0.3, 0.4) is 0 Å². The summed E-state index contributed by atoms with van der Waals surface area (Å²) < 4.78 is 27.3. The van der Waals surface area contributed by atoms with Gasteiger partial charge in [0.2, 0.25) is 15.9 Å². The Balaban J connectivity index is 1.44. The molecule has 2 aliphatic rings. The first kappa shape index (κ1) is 16.8. The zero-order chi connectivity index (χ0) is 16.4. The summed E-state index contributed by atoms with van der Waals surface area (Å²) in [7, 11) is -3.35. The number of rotatable bonds is 7. The van der Waals surface area contributed by atoms with Crippen molar-refractivity contribution < 1.29 is 12.9 Å². The highest BCUT2D eigenvalue weighted by Gasteiger charge is 2.31. The highest BCUT2D eigenvalue weighted by atomic mass is 32.2. The highest BCUT2D eigenvalue weighted by molar-refractivity contribution is 7.89. The van der Waals surface area contributed by atoms with Crippen LogP contribution < -0.4 is 5.14 Å². The Labute approximate surface area is 137 Å². The fourth-order valence-corrected chi connectivity index (χ4v) is 3.48. The van der Waals surface area contributed by atoms with Crippen molar-refractivity contribution in [3.8, 4) is 0 Å². The van der Waals surface area contributed by atoms with Crippen LogP contribution in [0.5, 0.6) is 0 Å². The lowest BCUT2D eigenvalue weighted by Crippen LogP contribution is -2.47. The second-order valence-electron chi connectivity index (χ2n) is 6.54. The third-order valence-corrected chi connectivity index (χ3v) is 5.47. The van der Waals surface area contributed by atoms with E-state index in [1.807, 2.05) is 0 Å². The van der Waals surface area contributed by atoms with E-state index in [4.69, 9.17) is 9.66 Å². The Morgan fingerprint density at radius 2 is 2.00 bits per heavy atom. The summed E-state index contributed by atoms with van der Waals surface area (Å²) in [6.07, 6.45) is 2.93. The maximum atomic E-state index is 11.0. The Morgan fingerprint density at radius 1 is 1.30 bits per heavy atom. The van der Waals surface area contributed by atoms with Crippen molar-refractivity contribution in [2.24, 2.45) is 5.14 Å². The van der Waals surface area contributed by atoms with Gasteiger partial charge in [0.25, 0.3) is 0 Å². The molecule has 1 aliphatic heterocycles. The maximum absolute atomic E-state index is 11.0. The Bertz CT molecular complexity index is 620. The number of primary sulfonamides is 1. The number of hydrogen-bond donors (Lipinski definition) is 1. The predicted molar refractivity (Wildman–Crippen MR) is 85.3 cm³/mol. The monoisotopic (exact) mass is 343 g/mol. The Kier molecular flexibility index (Phi) is 5.00. The third-order valence-electron chi connectivity index (χ3n) is 4.62. The molecule has 2 heterocycles. The van der Waals surface area contributed by atoms with Gasteiger partial charge in [-0.15, -0.1) is 0 Å². The lowest BCUT2D eigenvalue weighted by Gasteiger charge is -2.36. The van der Waals surface area contributed by atoms with E-state index in [9.17, 15) is 8.42 Å². The van der Waals surface area contributed by atoms with Crippen molar-refractivity contribution in [2.45, 2.75) is 38.1 Å². The van der Waals surface area contributed by atoms with Crippen LogP contribution in [0.25, 0.3) is 0 Å². The van der Waals surface area contributed by atoms with E-state index in [1.165, 1.54) is 12.8 Å². The standard InChI is InChI=1S/C14H25N5O3S/c1-11(14-16-13(17-22-14)12-3-4-12)19-8-6-18(7-9-19)5-2-10-23(15,20)21/h11-12H,2-10H2,1H3,(H2,15,20,21). The van der Waals surface area contributed by atoms with Crippen LogP contribution >= 0.6 is 0 Å². The van der Waals surface area contributed by atoms with Gasteiger partial charge in [0.05, 0.1) is 11.8 Å². The molecule has 9 heteroatoms. The van der Waals surface area contributed by atoms with E-state index in [0.717, 1.165) is 38.5 Å². The van der Waals surface area contributed by atoms with Gasteiger partial charge in [-0.3, -0.25) is 4.90 Å². The van der Waals surface area contributed by atoms with Crippen LogP contribution in [0.1, 0.15) is 49.9 Å². The van der Waals surface area contributed by atoms with Crippen molar-refractivity contribution in [1.82, 2.24) is 19.9 Å². The normalized spacial score (nSPS) is 22.3. The molecule has 8 nitrogen and oxygen atoms in total.